The van der Waals surface area contributed by atoms with Gasteiger partial charge in [-0.3, -0.25) is 0 Å². The molecule has 4 nitrogen and oxygen atoms in total. The van der Waals surface area contributed by atoms with Crippen LogP contribution in [0.1, 0.15) is 11.1 Å². The van der Waals surface area contributed by atoms with Gasteiger partial charge in [-0.1, -0.05) is 71.5 Å². The minimum atomic E-state index is 0. The summed E-state index contributed by atoms with van der Waals surface area (Å²) in [6.07, 6.45) is 0. The molecule has 2 N–H and O–H groups in total. The highest BCUT2D eigenvalue weighted by Crippen LogP contribution is 2.31. The molecule has 3 aromatic carbocycles. The summed E-state index contributed by atoms with van der Waals surface area (Å²) in [5.41, 5.74) is 9.07. The maximum Gasteiger partial charge on any atom is 0.186 e. The zero-order chi connectivity index (χ0) is 20.1. The fourth-order valence-corrected chi connectivity index (χ4v) is 4.36. The summed E-state index contributed by atoms with van der Waals surface area (Å²) in [6.45, 7) is 2.46. The van der Waals surface area contributed by atoms with Gasteiger partial charge in [0.2, 0.25) is 0 Å². The Morgan fingerprint density at radius 1 is 0.967 bits per heavy atom. The monoisotopic (exact) mass is 459 g/mol. The predicted octanol–water partition coefficient (Wildman–Crippen LogP) is 5.92. The first-order valence-electron chi connectivity index (χ1n) is 9.48. The highest BCUT2D eigenvalue weighted by molar-refractivity contribution is 7.22. The molecule has 0 radical (unpaired) electrons. The van der Waals surface area contributed by atoms with E-state index in [1.807, 2.05) is 66.7 Å². The second kappa shape index (κ2) is 10.6. The molecule has 0 saturated carbocycles. The molecule has 0 atom stereocenters. The number of hydrogen-bond acceptors (Lipinski definition) is 5. The summed E-state index contributed by atoms with van der Waals surface area (Å²) in [7, 11) is 0. The first kappa shape index (κ1) is 22.4. The minimum absolute atomic E-state index is 0. The van der Waals surface area contributed by atoms with Crippen molar-refractivity contribution < 1.29 is 4.74 Å². The van der Waals surface area contributed by atoms with Gasteiger partial charge in [0.05, 0.1) is 15.2 Å². The summed E-state index contributed by atoms with van der Waals surface area (Å²) in [6, 6.07) is 24.1. The van der Waals surface area contributed by atoms with Crippen LogP contribution in [0.3, 0.4) is 0 Å². The van der Waals surface area contributed by atoms with Crippen molar-refractivity contribution in [3.05, 3.63) is 88.9 Å². The van der Waals surface area contributed by atoms with Crippen LogP contribution >= 0.6 is 35.3 Å². The highest BCUT2D eigenvalue weighted by atomic mass is 35.5. The Hall–Kier alpha value is -2.31. The number of halogens is 2. The van der Waals surface area contributed by atoms with Crippen LogP contribution < -0.4 is 15.4 Å². The number of hydrogen-bond donors (Lipinski definition) is 1. The van der Waals surface area contributed by atoms with Crippen LogP contribution in [0.4, 0.5) is 5.13 Å². The van der Waals surface area contributed by atoms with Crippen molar-refractivity contribution in [3.63, 3.8) is 0 Å². The van der Waals surface area contributed by atoms with E-state index >= 15 is 0 Å². The molecule has 0 amide bonds. The molecule has 0 aliphatic heterocycles. The number of anilines is 1. The minimum Gasteiger partial charge on any atom is -0.487 e. The SMILES string of the molecule is Cl.NCCN(Cc1ccc(OCc2ccccc2)c(Cl)c1)c1nc2ccccc2s1. The van der Waals surface area contributed by atoms with E-state index < -0.39 is 0 Å². The standard InChI is InChI=1S/C23H22ClN3OS.ClH/c24-19-14-18(10-11-21(19)28-16-17-6-2-1-3-7-17)15-27(13-12-25)23-26-20-8-4-5-9-22(20)29-23;/h1-11,14H,12-13,15-16,25H2;1H. The third-order valence-electron chi connectivity index (χ3n) is 4.56. The molecule has 0 aliphatic carbocycles. The Kier molecular flexibility index (Phi) is 7.94. The van der Waals surface area contributed by atoms with E-state index in [1.54, 1.807) is 11.3 Å². The maximum absolute atomic E-state index is 6.49. The number of ether oxygens (including phenoxy) is 1. The van der Waals surface area contributed by atoms with Crippen LogP contribution in [0, 0.1) is 0 Å². The van der Waals surface area contributed by atoms with Crippen molar-refractivity contribution in [1.29, 1.82) is 0 Å². The lowest BCUT2D eigenvalue weighted by Gasteiger charge is -2.21. The molecule has 4 rings (SSSR count). The number of aromatic nitrogens is 1. The average molecular weight is 460 g/mol. The number of thiazole rings is 1. The van der Waals surface area contributed by atoms with Crippen LogP contribution in [0.5, 0.6) is 5.75 Å². The van der Waals surface area contributed by atoms with Gasteiger partial charge in [0.1, 0.15) is 12.4 Å². The van der Waals surface area contributed by atoms with E-state index in [0.29, 0.717) is 30.5 Å². The van der Waals surface area contributed by atoms with Gasteiger partial charge >= 0.3 is 0 Å². The number of nitrogens with two attached hydrogens (primary N) is 1. The van der Waals surface area contributed by atoms with Gasteiger partial charge in [-0.2, -0.15) is 0 Å². The van der Waals surface area contributed by atoms with Gasteiger partial charge in [0, 0.05) is 19.6 Å². The average Bonchev–Trinajstić information content (AvgIpc) is 3.18. The number of benzene rings is 3. The quantitative estimate of drug-likeness (QED) is 0.355. The third-order valence-corrected chi connectivity index (χ3v) is 5.95. The lowest BCUT2D eigenvalue weighted by molar-refractivity contribution is 0.306. The summed E-state index contributed by atoms with van der Waals surface area (Å²) in [4.78, 5) is 6.96. The van der Waals surface area contributed by atoms with Crippen molar-refractivity contribution in [1.82, 2.24) is 4.98 Å². The molecule has 0 spiro atoms. The summed E-state index contributed by atoms with van der Waals surface area (Å²) >= 11 is 8.16. The Balaban J connectivity index is 0.00000256. The molecule has 0 aliphatic rings. The van der Waals surface area contributed by atoms with E-state index in [9.17, 15) is 0 Å². The van der Waals surface area contributed by atoms with E-state index in [-0.39, 0.29) is 12.4 Å². The molecule has 1 heterocycles. The van der Waals surface area contributed by atoms with Gasteiger partial charge in [-0.25, -0.2) is 4.98 Å². The lowest BCUT2D eigenvalue weighted by Crippen LogP contribution is -2.28. The molecule has 1 aromatic heterocycles. The van der Waals surface area contributed by atoms with Crippen LogP contribution in [0.25, 0.3) is 10.2 Å². The van der Waals surface area contributed by atoms with Crippen LogP contribution in [0.15, 0.2) is 72.8 Å². The van der Waals surface area contributed by atoms with Crippen molar-refractivity contribution in [3.8, 4) is 5.75 Å². The van der Waals surface area contributed by atoms with Gasteiger partial charge in [0.15, 0.2) is 5.13 Å². The van der Waals surface area contributed by atoms with Crippen molar-refractivity contribution in [2.24, 2.45) is 5.73 Å². The van der Waals surface area contributed by atoms with Gasteiger partial charge in [-0.05, 0) is 35.4 Å². The number of para-hydroxylation sites is 1. The molecule has 30 heavy (non-hydrogen) atoms. The molecule has 0 saturated heterocycles. The topological polar surface area (TPSA) is 51.4 Å². The first-order chi connectivity index (χ1) is 14.2. The summed E-state index contributed by atoms with van der Waals surface area (Å²) < 4.78 is 7.05. The molecule has 156 valence electrons. The van der Waals surface area contributed by atoms with Crippen LogP contribution in [-0.2, 0) is 13.2 Å². The molecular formula is C23H23Cl2N3OS. The van der Waals surface area contributed by atoms with E-state index in [1.165, 1.54) is 4.70 Å². The van der Waals surface area contributed by atoms with Crippen molar-refractivity contribution in [2.75, 3.05) is 18.0 Å². The second-order valence-electron chi connectivity index (χ2n) is 6.71. The fourth-order valence-electron chi connectivity index (χ4n) is 3.11. The van der Waals surface area contributed by atoms with Crippen LogP contribution in [-0.4, -0.2) is 18.1 Å². The van der Waals surface area contributed by atoms with Gasteiger partial charge < -0.3 is 15.4 Å². The molecule has 4 aromatic rings. The van der Waals surface area contributed by atoms with Crippen LogP contribution in [0.2, 0.25) is 5.02 Å². The van der Waals surface area contributed by atoms with Crippen molar-refractivity contribution >= 4 is 50.7 Å². The first-order valence-corrected chi connectivity index (χ1v) is 10.7. The Labute approximate surface area is 191 Å². The lowest BCUT2D eigenvalue weighted by atomic mass is 10.2. The number of rotatable bonds is 8. The largest absolute Gasteiger partial charge is 0.487 e. The zero-order valence-corrected chi connectivity index (χ0v) is 18.7. The molecule has 0 bridgehead atoms. The Morgan fingerprint density at radius 3 is 2.47 bits per heavy atom. The van der Waals surface area contributed by atoms with Gasteiger partial charge in [-0.15, -0.1) is 12.4 Å². The van der Waals surface area contributed by atoms with E-state index in [4.69, 9.17) is 27.1 Å². The molecule has 0 unspecified atom stereocenters. The number of fused-ring (bicyclic) bond motifs is 1. The third kappa shape index (κ3) is 5.43. The van der Waals surface area contributed by atoms with E-state index in [2.05, 4.69) is 11.0 Å². The fraction of sp³-hybridized carbons (Fsp3) is 0.174. The van der Waals surface area contributed by atoms with Crippen molar-refractivity contribution in [2.45, 2.75) is 13.2 Å². The maximum atomic E-state index is 6.49. The Bertz CT molecular complexity index is 1060. The normalized spacial score (nSPS) is 10.6. The highest BCUT2D eigenvalue weighted by Gasteiger charge is 2.13. The van der Waals surface area contributed by atoms with Gasteiger partial charge in [0.25, 0.3) is 0 Å². The second-order valence-corrected chi connectivity index (χ2v) is 8.13. The summed E-state index contributed by atoms with van der Waals surface area (Å²) in [5, 5.41) is 1.58. The predicted molar refractivity (Wildman–Crippen MR) is 129 cm³/mol. The molecule has 7 heteroatoms. The smallest absolute Gasteiger partial charge is 0.186 e. The zero-order valence-electron chi connectivity index (χ0n) is 16.3. The van der Waals surface area contributed by atoms with E-state index in [0.717, 1.165) is 28.3 Å². The Morgan fingerprint density at radius 2 is 1.73 bits per heavy atom. The molecule has 0 fully saturated rings. The summed E-state index contributed by atoms with van der Waals surface area (Å²) in [5.74, 6) is 0.685. The number of nitrogens with zero attached hydrogens (tertiary/aromatic N) is 2. The molecular weight excluding hydrogens is 437 g/mol.